The highest BCUT2D eigenvalue weighted by atomic mass is 35.5. The first-order chi connectivity index (χ1) is 17.4. The maximum absolute atomic E-state index is 12.9. The molecule has 0 bridgehead atoms. The van der Waals surface area contributed by atoms with E-state index in [0.29, 0.717) is 30.9 Å². The third-order valence-electron chi connectivity index (χ3n) is 4.82. The van der Waals surface area contributed by atoms with E-state index in [-0.39, 0.29) is 36.4 Å². The Kier molecular flexibility index (Phi) is 11.2. The number of ether oxygens (including phenoxy) is 4. The number of aromatic nitrogens is 1. The number of alkyl halides is 3. The highest BCUT2D eigenvalue weighted by Crippen LogP contribution is 2.36. The number of pyridine rings is 1. The van der Waals surface area contributed by atoms with Crippen molar-refractivity contribution in [1.82, 2.24) is 14.4 Å². The summed E-state index contributed by atoms with van der Waals surface area (Å²) in [7, 11) is -2.68. The Morgan fingerprint density at radius 2 is 1.86 bits per heavy atom. The number of hydrogen-bond acceptors (Lipinski definition) is 8. The Balaban J connectivity index is 2.21. The lowest BCUT2D eigenvalue weighted by molar-refractivity contribution is -0.137. The first-order valence-corrected chi connectivity index (χ1v) is 12.9. The molecule has 0 radical (unpaired) electrons. The fourth-order valence-corrected chi connectivity index (χ4v) is 4.14. The zero-order chi connectivity index (χ0) is 27.6. The number of methoxy groups -OCH3 is 1. The average molecular weight is 570 g/mol. The van der Waals surface area contributed by atoms with Crippen molar-refractivity contribution in [3.05, 3.63) is 46.6 Å². The first-order valence-electron chi connectivity index (χ1n) is 11.0. The number of carbonyl (C=O) groups is 1. The van der Waals surface area contributed by atoms with Crippen LogP contribution < -0.4 is 18.9 Å². The molecule has 1 amide bonds. The largest absolute Gasteiger partial charge is 0.491 e. The predicted molar refractivity (Wildman–Crippen MR) is 128 cm³/mol. The molecule has 1 aromatic heterocycles. The van der Waals surface area contributed by atoms with Crippen molar-refractivity contribution in [2.45, 2.75) is 45.5 Å². The summed E-state index contributed by atoms with van der Waals surface area (Å²) in [5.41, 5.74) is -0.845. The molecule has 0 aliphatic carbocycles. The van der Waals surface area contributed by atoms with E-state index in [4.69, 9.17) is 30.5 Å². The van der Waals surface area contributed by atoms with E-state index in [9.17, 15) is 26.4 Å². The van der Waals surface area contributed by atoms with Crippen LogP contribution in [-0.2, 0) is 32.5 Å². The standard InChI is InChI=1S/C22H27ClF3N3O7S/c1-4-16(5-2)28-37(31,32)29-21(30)35-13-14-6-7-17(34-9-8-33-3)11-19(14)36-20-18(23)10-15(12-27-20)22(24,25)26/h6-7,10-12,16,28H,4-5,8-9,13H2,1-3H3,(H,29,30). The van der Waals surface area contributed by atoms with Gasteiger partial charge in [-0.25, -0.2) is 14.5 Å². The van der Waals surface area contributed by atoms with Crippen LogP contribution in [0.5, 0.6) is 17.4 Å². The molecule has 15 heteroatoms. The Labute approximate surface area is 217 Å². The number of carbonyl (C=O) groups excluding carboxylic acids is 1. The summed E-state index contributed by atoms with van der Waals surface area (Å²) in [5, 5.41) is -0.413. The Hall–Kier alpha value is -2.81. The maximum atomic E-state index is 12.9. The third kappa shape index (κ3) is 9.87. The maximum Gasteiger partial charge on any atom is 0.422 e. The van der Waals surface area contributed by atoms with Crippen LogP contribution in [0.1, 0.15) is 37.8 Å². The van der Waals surface area contributed by atoms with Crippen molar-refractivity contribution >= 4 is 27.9 Å². The number of benzene rings is 1. The van der Waals surface area contributed by atoms with Crippen LogP contribution in [0.2, 0.25) is 5.02 Å². The second-order valence-electron chi connectivity index (χ2n) is 7.53. The van der Waals surface area contributed by atoms with Gasteiger partial charge in [0.2, 0.25) is 5.88 Å². The number of amides is 1. The van der Waals surface area contributed by atoms with Crippen molar-refractivity contribution in [1.29, 1.82) is 0 Å². The minimum absolute atomic E-state index is 0.00473. The molecule has 206 valence electrons. The molecular formula is C22H27ClF3N3O7S. The number of halogens is 4. The molecule has 1 aromatic carbocycles. The molecular weight excluding hydrogens is 543 g/mol. The molecule has 2 aromatic rings. The number of rotatable bonds is 13. The van der Waals surface area contributed by atoms with Gasteiger partial charge in [-0.05, 0) is 31.0 Å². The monoisotopic (exact) mass is 569 g/mol. The van der Waals surface area contributed by atoms with Gasteiger partial charge < -0.3 is 18.9 Å². The van der Waals surface area contributed by atoms with Crippen LogP contribution in [0.3, 0.4) is 0 Å². The Morgan fingerprint density at radius 1 is 1.16 bits per heavy atom. The van der Waals surface area contributed by atoms with Gasteiger partial charge in [0.15, 0.2) is 0 Å². The quantitative estimate of drug-likeness (QED) is 0.329. The minimum Gasteiger partial charge on any atom is -0.491 e. The van der Waals surface area contributed by atoms with Crippen LogP contribution in [0.25, 0.3) is 0 Å². The molecule has 0 atom stereocenters. The molecule has 37 heavy (non-hydrogen) atoms. The van der Waals surface area contributed by atoms with Crippen LogP contribution in [0.15, 0.2) is 30.5 Å². The lowest BCUT2D eigenvalue weighted by Crippen LogP contribution is -2.44. The first kappa shape index (κ1) is 30.4. The molecule has 0 unspecified atom stereocenters. The van der Waals surface area contributed by atoms with Gasteiger partial charge in [-0.1, -0.05) is 25.4 Å². The predicted octanol–water partition coefficient (Wildman–Crippen LogP) is 4.82. The van der Waals surface area contributed by atoms with E-state index in [1.165, 1.54) is 25.3 Å². The van der Waals surface area contributed by atoms with Crippen LogP contribution in [0.4, 0.5) is 18.0 Å². The normalized spacial score (nSPS) is 11.9. The van der Waals surface area contributed by atoms with Gasteiger partial charge in [-0.2, -0.15) is 26.3 Å². The molecule has 0 fully saturated rings. The summed E-state index contributed by atoms with van der Waals surface area (Å²) < 4.78 is 88.1. The van der Waals surface area contributed by atoms with Crippen LogP contribution in [0, 0.1) is 0 Å². The van der Waals surface area contributed by atoms with Gasteiger partial charge in [0.25, 0.3) is 0 Å². The molecule has 0 aliphatic rings. The van der Waals surface area contributed by atoms with Gasteiger partial charge >= 0.3 is 22.5 Å². The molecule has 2 N–H and O–H groups in total. The molecule has 0 saturated carbocycles. The minimum atomic E-state index is -4.65. The third-order valence-corrected chi connectivity index (χ3v) is 6.17. The highest BCUT2D eigenvalue weighted by Gasteiger charge is 2.32. The number of hydrogen-bond donors (Lipinski definition) is 2. The van der Waals surface area contributed by atoms with Gasteiger partial charge in [-0.15, -0.1) is 0 Å². The van der Waals surface area contributed by atoms with E-state index in [1.54, 1.807) is 18.6 Å². The molecule has 0 saturated heterocycles. The summed E-state index contributed by atoms with van der Waals surface area (Å²) >= 11 is 5.94. The zero-order valence-electron chi connectivity index (χ0n) is 20.2. The van der Waals surface area contributed by atoms with E-state index < -0.39 is 39.7 Å². The summed E-state index contributed by atoms with van der Waals surface area (Å²) in [5.74, 6) is -0.0403. The molecule has 2 rings (SSSR count). The van der Waals surface area contributed by atoms with Crippen molar-refractivity contribution in [3.8, 4) is 17.4 Å². The van der Waals surface area contributed by atoms with E-state index >= 15 is 0 Å². The second-order valence-corrected chi connectivity index (χ2v) is 9.39. The smallest absolute Gasteiger partial charge is 0.422 e. The van der Waals surface area contributed by atoms with E-state index in [1.807, 2.05) is 0 Å². The SMILES string of the molecule is CCC(CC)NS(=O)(=O)NC(=O)OCc1ccc(OCCOC)cc1Oc1ncc(C(F)(F)F)cc1Cl. The van der Waals surface area contributed by atoms with Crippen LogP contribution >= 0.6 is 11.6 Å². The van der Waals surface area contributed by atoms with Crippen LogP contribution in [-0.4, -0.2) is 45.9 Å². The van der Waals surface area contributed by atoms with Gasteiger partial charge in [-0.3, -0.25) is 0 Å². The summed E-state index contributed by atoms with van der Waals surface area (Å²) in [6, 6.07) is 4.65. The van der Waals surface area contributed by atoms with Crippen molar-refractivity contribution < 1.29 is 45.3 Å². The number of nitrogens with zero attached hydrogens (tertiary/aromatic N) is 1. The molecule has 1 heterocycles. The summed E-state index contributed by atoms with van der Waals surface area (Å²) in [6.45, 7) is 3.59. The van der Waals surface area contributed by atoms with Crippen molar-refractivity contribution in [2.75, 3.05) is 20.3 Å². The Morgan fingerprint density at radius 3 is 2.46 bits per heavy atom. The fourth-order valence-electron chi connectivity index (χ4n) is 2.83. The average Bonchev–Trinajstić information content (AvgIpc) is 2.82. The summed E-state index contributed by atoms with van der Waals surface area (Å²) in [4.78, 5) is 15.7. The van der Waals surface area contributed by atoms with Crippen molar-refractivity contribution in [2.24, 2.45) is 0 Å². The van der Waals surface area contributed by atoms with Gasteiger partial charge in [0.05, 0.1) is 12.2 Å². The van der Waals surface area contributed by atoms with E-state index in [0.717, 1.165) is 0 Å². The lowest BCUT2D eigenvalue weighted by Gasteiger charge is -2.16. The second kappa shape index (κ2) is 13.7. The fraction of sp³-hybridized carbons (Fsp3) is 0.455. The van der Waals surface area contributed by atoms with E-state index in [2.05, 4.69) is 9.71 Å². The van der Waals surface area contributed by atoms with Gasteiger partial charge in [0.1, 0.15) is 29.7 Å². The molecule has 0 aliphatic heterocycles. The Bertz CT molecular complexity index is 1160. The molecule has 10 nitrogen and oxygen atoms in total. The highest BCUT2D eigenvalue weighted by molar-refractivity contribution is 7.88. The zero-order valence-corrected chi connectivity index (χ0v) is 21.8. The lowest BCUT2D eigenvalue weighted by atomic mass is 10.2. The van der Waals surface area contributed by atoms with Crippen molar-refractivity contribution in [3.63, 3.8) is 0 Å². The summed E-state index contributed by atoms with van der Waals surface area (Å²) in [6.07, 6.45) is -4.31. The number of nitrogens with one attached hydrogen (secondary N) is 2. The topological polar surface area (TPSA) is 125 Å². The van der Waals surface area contributed by atoms with Gasteiger partial charge in [0, 0.05) is 31.0 Å². The molecule has 0 spiro atoms.